The molecule has 0 amide bonds. The number of guanidine groups is 1. The van der Waals surface area contributed by atoms with Crippen molar-refractivity contribution in [1.29, 1.82) is 0 Å². The molecule has 7 heteroatoms. The van der Waals surface area contributed by atoms with Crippen molar-refractivity contribution in [2.45, 2.75) is 25.8 Å². The van der Waals surface area contributed by atoms with Gasteiger partial charge in [-0.1, -0.05) is 24.3 Å². The van der Waals surface area contributed by atoms with Gasteiger partial charge in [-0.2, -0.15) is 0 Å². The second kappa shape index (κ2) is 9.86. The molecule has 0 bridgehead atoms. The molecule has 0 aliphatic carbocycles. The Morgan fingerprint density at radius 3 is 2.79 bits per heavy atom. The number of benzene rings is 2. The third-order valence-corrected chi connectivity index (χ3v) is 4.80. The summed E-state index contributed by atoms with van der Waals surface area (Å²) >= 11 is 0. The van der Waals surface area contributed by atoms with Gasteiger partial charge in [0.15, 0.2) is 17.5 Å². The summed E-state index contributed by atoms with van der Waals surface area (Å²) in [6, 6.07) is 14.2. The molecular formula is C21H26IN3O3. The summed E-state index contributed by atoms with van der Waals surface area (Å²) in [7, 11) is 0. The minimum Gasteiger partial charge on any atom is -0.493 e. The van der Waals surface area contributed by atoms with Crippen LogP contribution in [0.4, 0.5) is 0 Å². The van der Waals surface area contributed by atoms with Crippen molar-refractivity contribution in [3.63, 3.8) is 0 Å². The first kappa shape index (κ1) is 20.6. The second-order valence-corrected chi connectivity index (χ2v) is 6.64. The van der Waals surface area contributed by atoms with Crippen molar-refractivity contribution in [3.05, 3.63) is 53.6 Å². The molecule has 6 nitrogen and oxygen atoms in total. The van der Waals surface area contributed by atoms with Crippen molar-refractivity contribution in [1.82, 2.24) is 10.6 Å². The van der Waals surface area contributed by atoms with Crippen LogP contribution >= 0.6 is 24.0 Å². The van der Waals surface area contributed by atoms with E-state index in [0.717, 1.165) is 54.9 Å². The zero-order valence-corrected chi connectivity index (χ0v) is 18.3. The molecule has 0 radical (unpaired) electrons. The van der Waals surface area contributed by atoms with Gasteiger partial charge in [0.1, 0.15) is 5.75 Å². The number of nitrogens with one attached hydrogen (secondary N) is 2. The molecule has 2 N–H and O–H groups in total. The number of halogens is 1. The fourth-order valence-electron chi connectivity index (χ4n) is 3.40. The molecule has 0 saturated heterocycles. The van der Waals surface area contributed by atoms with Crippen molar-refractivity contribution >= 4 is 29.9 Å². The highest BCUT2D eigenvalue weighted by Gasteiger charge is 2.21. The molecule has 2 aliphatic rings. The normalized spacial score (nSPS) is 17.2. The van der Waals surface area contributed by atoms with E-state index in [4.69, 9.17) is 19.2 Å². The zero-order valence-electron chi connectivity index (χ0n) is 15.9. The largest absolute Gasteiger partial charge is 0.493 e. The predicted molar refractivity (Wildman–Crippen MR) is 120 cm³/mol. The van der Waals surface area contributed by atoms with E-state index in [1.165, 1.54) is 5.56 Å². The van der Waals surface area contributed by atoms with Gasteiger partial charge < -0.3 is 24.8 Å². The quantitative estimate of drug-likeness (QED) is 0.377. The third kappa shape index (κ3) is 4.81. The van der Waals surface area contributed by atoms with Crippen LogP contribution in [0.1, 0.15) is 30.4 Å². The van der Waals surface area contributed by atoms with Crippen LogP contribution in [0, 0.1) is 0 Å². The SMILES string of the molecule is CCNC(=NCc1ccc2c(c1)OCO2)NCC1CCOc2ccccc21.I. The lowest BCUT2D eigenvalue weighted by Gasteiger charge is -2.26. The molecule has 0 saturated carbocycles. The number of para-hydroxylation sites is 1. The van der Waals surface area contributed by atoms with Crippen LogP contribution in [0.2, 0.25) is 0 Å². The number of ether oxygens (including phenoxy) is 3. The third-order valence-electron chi connectivity index (χ3n) is 4.80. The minimum absolute atomic E-state index is 0. The first-order chi connectivity index (χ1) is 13.3. The van der Waals surface area contributed by atoms with Gasteiger partial charge in [0.05, 0.1) is 13.2 Å². The molecule has 1 unspecified atom stereocenters. The van der Waals surface area contributed by atoms with Crippen molar-refractivity contribution < 1.29 is 14.2 Å². The molecule has 0 aromatic heterocycles. The number of hydrogen-bond acceptors (Lipinski definition) is 4. The van der Waals surface area contributed by atoms with Gasteiger partial charge in [-0.3, -0.25) is 0 Å². The van der Waals surface area contributed by atoms with Crippen molar-refractivity contribution in [3.8, 4) is 17.2 Å². The summed E-state index contributed by atoms with van der Waals surface area (Å²) in [6.07, 6.45) is 1.01. The van der Waals surface area contributed by atoms with Crippen LogP contribution in [-0.4, -0.2) is 32.4 Å². The van der Waals surface area contributed by atoms with Gasteiger partial charge in [-0.15, -0.1) is 24.0 Å². The molecule has 0 spiro atoms. The van der Waals surface area contributed by atoms with E-state index in [9.17, 15) is 0 Å². The highest BCUT2D eigenvalue weighted by atomic mass is 127. The number of rotatable bonds is 5. The molecule has 28 heavy (non-hydrogen) atoms. The predicted octanol–water partition coefficient (Wildman–Crippen LogP) is 3.65. The smallest absolute Gasteiger partial charge is 0.231 e. The number of aliphatic imine (C=N–C) groups is 1. The summed E-state index contributed by atoms with van der Waals surface area (Å²) in [4.78, 5) is 4.72. The molecule has 1 atom stereocenters. The summed E-state index contributed by atoms with van der Waals surface area (Å²) in [5, 5.41) is 6.80. The molecule has 0 fully saturated rings. The Bertz CT molecular complexity index is 828. The van der Waals surface area contributed by atoms with Gasteiger partial charge in [0.25, 0.3) is 0 Å². The van der Waals surface area contributed by atoms with E-state index in [1.807, 2.05) is 30.3 Å². The maximum Gasteiger partial charge on any atom is 0.231 e. The highest BCUT2D eigenvalue weighted by molar-refractivity contribution is 14.0. The molecule has 2 aromatic rings. The van der Waals surface area contributed by atoms with Crippen LogP contribution < -0.4 is 24.8 Å². The van der Waals surface area contributed by atoms with Gasteiger partial charge in [0.2, 0.25) is 6.79 Å². The lowest BCUT2D eigenvalue weighted by atomic mass is 9.93. The van der Waals surface area contributed by atoms with Gasteiger partial charge in [-0.05, 0) is 42.7 Å². The van der Waals surface area contributed by atoms with E-state index >= 15 is 0 Å². The fourth-order valence-corrected chi connectivity index (χ4v) is 3.40. The lowest BCUT2D eigenvalue weighted by molar-refractivity contribution is 0.174. The van der Waals surface area contributed by atoms with E-state index in [0.29, 0.717) is 19.3 Å². The highest BCUT2D eigenvalue weighted by Crippen LogP contribution is 2.33. The zero-order chi connectivity index (χ0) is 18.5. The molecule has 150 valence electrons. The molecule has 2 heterocycles. The Morgan fingerprint density at radius 2 is 1.89 bits per heavy atom. The van der Waals surface area contributed by atoms with Crippen LogP contribution in [0.5, 0.6) is 17.2 Å². The first-order valence-corrected chi connectivity index (χ1v) is 9.46. The van der Waals surface area contributed by atoms with E-state index in [-0.39, 0.29) is 24.0 Å². The summed E-state index contributed by atoms with van der Waals surface area (Å²) in [5.74, 6) is 3.83. The maximum atomic E-state index is 5.75. The first-order valence-electron chi connectivity index (χ1n) is 9.46. The average Bonchev–Trinajstić information content (AvgIpc) is 3.18. The molecule has 2 aliphatic heterocycles. The average molecular weight is 495 g/mol. The summed E-state index contributed by atoms with van der Waals surface area (Å²) in [5.41, 5.74) is 2.36. The Kier molecular flexibility index (Phi) is 7.24. The number of nitrogens with zero attached hydrogens (tertiary/aromatic N) is 1. The fraction of sp³-hybridized carbons (Fsp3) is 0.381. The monoisotopic (exact) mass is 495 g/mol. The van der Waals surface area contributed by atoms with Crippen LogP contribution in [0.3, 0.4) is 0 Å². The second-order valence-electron chi connectivity index (χ2n) is 6.64. The van der Waals surface area contributed by atoms with Crippen LogP contribution in [0.15, 0.2) is 47.5 Å². The Morgan fingerprint density at radius 1 is 1.04 bits per heavy atom. The van der Waals surface area contributed by atoms with Gasteiger partial charge >= 0.3 is 0 Å². The minimum atomic E-state index is 0. The number of fused-ring (bicyclic) bond motifs is 2. The molecule has 2 aromatic carbocycles. The molecular weight excluding hydrogens is 469 g/mol. The van der Waals surface area contributed by atoms with E-state index in [1.54, 1.807) is 0 Å². The summed E-state index contributed by atoms with van der Waals surface area (Å²) in [6.45, 7) is 5.34. The van der Waals surface area contributed by atoms with E-state index < -0.39 is 0 Å². The number of hydrogen-bond donors (Lipinski definition) is 2. The topological polar surface area (TPSA) is 64.1 Å². The van der Waals surface area contributed by atoms with Gasteiger partial charge in [-0.25, -0.2) is 4.99 Å². The Balaban J connectivity index is 0.00000225. The van der Waals surface area contributed by atoms with Crippen LogP contribution in [-0.2, 0) is 6.54 Å². The lowest BCUT2D eigenvalue weighted by Crippen LogP contribution is -2.40. The van der Waals surface area contributed by atoms with E-state index in [2.05, 4.69) is 29.7 Å². The van der Waals surface area contributed by atoms with Crippen molar-refractivity contribution in [2.75, 3.05) is 26.5 Å². The van der Waals surface area contributed by atoms with Crippen molar-refractivity contribution in [2.24, 2.45) is 4.99 Å². The maximum absolute atomic E-state index is 5.75. The summed E-state index contributed by atoms with van der Waals surface area (Å²) < 4.78 is 16.6. The standard InChI is InChI=1S/C21H25N3O3.HI/c1-2-22-21(23-12-15-7-8-19-20(11-15)27-14-26-19)24-13-16-9-10-25-18-6-4-3-5-17(16)18;/h3-8,11,16H,2,9-10,12-14H2,1H3,(H2,22,23,24);1H. The molecule has 4 rings (SSSR count). The Hall–Kier alpha value is -2.16. The Labute approximate surface area is 182 Å². The van der Waals surface area contributed by atoms with Crippen LogP contribution in [0.25, 0.3) is 0 Å². The van der Waals surface area contributed by atoms with Gasteiger partial charge in [0, 0.05) is 19.0 Å².